The highest BCUT2D eigenvalue weighted by molar-refractivity contribution is 7.09. The number of fused-ring (bicyclic) bond motifs is 1. The summed E-state index contributed by atoms with van der Waals surface area (Å²) in [6, 6.07) is 5.72. The van der Waals surface area contributed by atoms with E-state index in [4.69, 9.17) is 0 Å². The molecule has 116 valence electrons. The maximum absolute atomic E-state index is 12.3. The number of aromatic nitrogens is 2. The van der Waals surface area contributed by atoms with Crippen LogP contribution in [0.5, 0.6) is 0 Å². The first-order chi connectivity index (χ1) is 10.6. The van der Waals surface area contributed by atoms with Gasteiger partial charge in [0, 0.05) is 30.5 Å². The number of nitrogens with zero attached hydrogens (tertiary/aromatic N) is 2. The summed E-state index contributed by atoms with van der Waals surface area (Å²) in [5, 5.41) is 9.33. The van der Waals surface area contributed by atoms with Crippen LogP contribution in [0.1, 0.15) is 22.6 Å². The largest absolute Gasteiger partial charge is 0.355 e. The van der Waals surface area contributed by atoms with E-state index in [1.165, 1.54) is 9.56 Å². The molecule has 0 saturated carbocycles. The quantitative estimate of drug-likeness (QED) is 0.924. The normalized spacial score (nSPS) is 17.0. The number of rotatable bonds is 4. The van der Waals surface area contributed by atoms with Crippen LogP contribution in [-0.2, 0) is 31.1 Å². The van der Waals surface area contributed by atoms with Crippen molar-refractivity contribution in [3.63, 3.8) is 0 Å². The summed E-state index contributed by atoms with van der Waals surface area (Å²) >= 11 is 1.71. The standard InChI is InChI=1S/C16H19N3O2S/c1-19-15(20)10-12-9-11(4-5-14(12)18-19)16(21)17-7-6-13-3-2-8-22-13/h2-3,8,10-11H,4-7,9H2,1H3,(H,17,21)/t11-/m1/s1. The van der Waals surface area contributed by atoms with Gasteiger partial charge in [-0.25, -0.2) is 4.68 Å². The van der Waals surface area contributed by atoms with E-state index in [2.05, 4.69) is 16.5 Å². The van der Waals surface area contributed by atoms with Crippen molar-refractivity contribution < 1.29 is 4.79 Å². The number of carbonyl (C=O) groups excluding carboxylic acids is 1. The Morgan fingerprint density at radius 1 is 1.55 bits per heavy atom. The first kappa shape index (κ1) is 15.0. The van der Waals surface area contributed by atoms with Gasteiger partial charge in [0.25, 0.3) is 5.56 Å². The predicted molar refractivity (Wildman–Crippen MR) is 86.0 cm³/mol. The first-order valence-corrected chi connectivity index (χ1v) is 8.37. The van der Waals surface area contributed by atoms with E-state index in [1.54, 1.807) is 24.5 Å². The van der Waals surface area contributed by atoms with Gasteiger partial charge >= 0.3 is 0 Å². The van der Waals surface area contributed by atoms with E-state index in [-0.39, 0.29) is 17.4 Å². The molecule has 0 aromatic carbocycles. The summed E-state index contributed by atoms with van der Waals surface area (Å²) < 4.78 is 1.36. The average molecular weight is 317 g/mol. The van der Waals surface area contributed by atoms with Gasteiger partial charge in [-0.2, -0.15) is 5.10 Å². The molecule has 3 rings (SSSR count). The van der Waals surface area contributed by atoms with Gasteiger partial charge in [0.05, 0.1) is 5.69 Å². The van der Waals surface area contributed by atoms with E-state index in [0.29, 0.717) is 13.0 Å². The van der Waals surface area contributed by atoms with Crippen molar-refractivity contribution >= 4 is 17.2 Å². The Morgan fingerprint density at radius 3 is 3.18 bits per heavy atom. The van der Waals surface area contributed by atoms with Crippen LogP contribution < -0.4 is 10.9 Å². The van der Waals surface area contributed by atoms with E-state index >= 15 is 0 Å². The highest BCUT2D eigenvalue weighted by atomic mass is 32.1. The number of nitrogens with one attached hydrogen (secondary N) is 1. The molecule has 0 radical (unpaired) electrons. The molecule has 6 heteroatoms. The SMILES string of the molecule is Cn1nc2c(cc1=O)C[C@H](C(=O)NCCc1cccs1)CC2. The fourth-order valence-corrected chi connectivity index (χ4v) is 3.53. The Bertz CT molecular complexity index is 721. The lowest BCUT2D eigenvalue weighted by Crippen LogP contribution is -2.36. The van der Waals surface area contributed by atoms with Gasteiger partial charge < -0.3 is 5.32 Å². The molecule has 0 bridgehead atoms. The number of carbonyl (C=O) groups is 1. The van der Waals surface area contributed by atoms with E-state index in [1.807, 2.05) is 11.4 Å². The average Bonchev–Trinajstić information content (AvgIpc) is 3.01. The van der Waals surface area contributed by atoms with E-state index in [0.717, 1.165) is 30.5 Å². The van der Waals surface area contributed by atoms with Crippen molar-refractivity contribution in [1.29, 1.82) is 0 Å². The lowest BCUT2D eigenvalue weighted by molar-refractivity contribution is -0.125. The van der Waals surface area contributed by atoms with Crippen molar-refractivity contribution in [3.05, 3.63) is 50.1 Å². The van der Waals surface area contributed by atoms with Crippen LogP contribution in [0.2, 0.25) is 0 Å². The maximum atomic E-state index is 12.3. The number of amides is 1. The molecule has 0 aliphatic heterocycles. The number of hydrogen-bond donors (Lipinski definition) is 1. The second-order valence-electron chi connectivity index (χ2n) is 5.64. The van der Waals surface area contributed by atoms with Gasteiger partial charge in [-0.15, -0.1) is 11.3 Å². The molecule has 0 fully saturated rings. The summed E-state index contributed by atoms with van der Waals surface area (Å²) in [5.41, 5.74) is 1.76. The molecule has 0 saturated heterocycles. The van der Waals surface area contributed by atoms with Gasteiger partial charge in [-0.1, -0.05) is 6.07 Å². The van der Waals surface area contributed by atoms with Crippen LogP contribution in [0.15, 0.2) is 28.4 Å². The molecular weight excluding hydrogens is 298 g/mol. The van der Waals surface area contributed by atoms with Crippen LogP contribution in [0.3, 0.4) is 0 Å². The molecule has 2 aromatic heterocycles. The highest BCUT2D eigenvalue weighted by Crippen LogP contribution is 2.23. The third kappa shape index (κ3) is 3.27. The first-order valence-electron chi connectivity index (χ1n) is 7.49. The molecule has 2 heterocycles. The Labute approximate surface area is 133 Å². The summed E-state index contributed by atoms with van der Waals surface area (Å²) in [6.45, 7) is 0.664. The number of aryl methyl sites for hydroxylation is 2. The molecule has 2 aromatic rings. The van der Waals surface area contributed by atoms with Crippen molar-refractivity contribution in [2.45, 2.75) is 25.7 Å². The Hall–Kier alpha value is -1.95. The van der Waals surface area contributed by atoms with Crippen molar-refractivity contribution in [1.82, 2.24) is 15.1 Å². The number of hydrogen-bond acceptors (Lipinski definition) is 4. The predicted octanol–water partition coefficient (Wildman–Crippen LogP) is 1.31. The van der Waals surface area contributed by atoms with Gasteiger partial charge in [-0.05, 0) is 42.7 Å². The second kappa shape index (κ2) is 6.44. The van der Waals surface area contributed by atoms with Gasteiger partial charge in [0.2, 0.25) is 5.91 Å². The Kier molecular flexibility index (Phi) is 4.38. The Morgan fingerprint density at radius 2 is 2.41 bits per heavy atom. The third-order valence-electron chi connectivity index (χ3n) is 4.08. The van der Waals surface area contributed by atoms with Crippen LogP contribution in [0, 0.1) is 5.92 Å². The molecule has 0 spiro atoms. The van der Waals surface area contributed by atoms with Gasteiger partial charge in [0.1, 0.15) is 0 Å². The van der Waals surface area contributed by atoms with Gasteiger partial charge in [0.15, 0.2) is 0 Å². The lowest BCUT2D eigenvalue weighted by atomic mass is 9.86. The molecule has 5 nitrogen and oxygen atoms in total. The molecule has 1 N–H and O–H groups in total. The van der Waals surface area contributed by atoms with Gasteiger partial charge in [-0.3, -0.25) is 9.59 Å². The molecule has 1 atom stereocenters. The Balaban J connectivity index is 1.58. The van der Waals surface area contributed by atoms with Crippen LogP contribution in [0.4, 0.5) is 0 Å². The van der Waals surface area contributed by atoms with Crippen LogP contribution in [-0.4, -0.2) is 22.2 Å². The monoisotopic (exact) mass is 317 g/mol. The zero-order valence-corrected chi connectivity index (χ0v) is 13.4. The summed E-state index contributed by atoms with van der Waals surface area (Å²) in [4.78, 5) is 25.2. The van der Waals surface area contributed by atoms with E-state index < -0.39 is 0 Å². The zero-order valence-electron chi connectivity index (χ0n) is 12.5. The summed E-state index contributed by atoms with van der Waals surface area (Å²) in [5.74, 6) is 0.0348. The second-order valence-corrected chi connectivity index (χ2v) is 6.67. The molecule has 1 aliphatic carbocycles. The fourth-order valence-electron chi connectivity index (χ4n) is 2.82. The maximum Gasteiger partial charge on any atom is 0.266 e. The molecule has 1 aliphatic rings. The van der Waals surface area contributed by atoms with Crippen molar-refractivity contribution in [2.75, 3.05) is 6.54 Å². The number of thiophene rings is 1. The third-order valence-corrected chi connectivity index (χ3v) is 5.01. The molecule has 1 amide bonds. The zero-order chi connectivity index (χ0) is 15.5. The highest BCUT2D eigenvalue weighted by Gasteiger charge is 2.25. The van der Waals surface area contributed by atoms with Crippen molar-refractivity contribution in [3.8, 4) is 0 Å². The minimum absolute atomic E-state index is 0.0512. The minimum Gasteiger partial charge on any atom is -0.355 e. The van der Waals surface area contributed by atoms with Crippen LogP contribution >= 0.6 is 11.3 Å². The van der Waals surface area contributed by atoms with Crippen molar-refractivity contribution in [2.24, 2.45) is 13.0 Å². The molecule has 0 unspecified atom stereocenters. The smallest absolute Gasteiger partial charge is 0.266 e. The topological polar surface area (TPSA) is 64.0 Å². The summed E-state index contributed by atoms with van der Waals surface area (Å²) in [6.07, 6.45) is 3.04. The lowest BCUT2D eigenvalue weighted by Gasteiger charge is -2.23. The van der Waals surface area contributed by atoms with E-state index in [9.17, 15) is 9.59 Å². The fraction of sp³-hybridized carbons (Fsp3) is 0.438. The molecular formula is C16H19N3O2S. The molecule has 22 heavy (non-hydrogen) atoms. The minimum atomic E-state index is -0.113. The summed E-state index contributed by atoms with van der Waals surface area (Å²) in [7, 11) is 1.66. The van der Waals surface area contributed by atoms with Crippen LogP contribution in [0.25, 0.3) is 0 Å².